The number of likely N-dealkylation sites (N-methyl/N-ethyl adjacent to an activating group) is 1. The molecule has 1 aromatic carbocycles. The van der Waals surface area contributed by atoms with Crippen molar-refractivity contribution in [2.24, 2.45) is 0 Å². The van der Waals surface area contributed by atoms with E-state index in [1.807, 2.05) is 24.4 Å². The third-order valence-corrected chi connectivity index (χ3v) is 5.15. The standard InChI is InChI=1S/C17H18BrN3S/c1-21(2)16(17-4-3-9-22-17)11-20-15-7-8-19-14-6-5-12(18)10-13(14)15/h3-10,16H,11H2,1-2H3,(H,19,20). The molecule has 1 N–H and O–H groups in total. The van der Waals surface area contributed by atoms with Crippen LogP contribution in [-0.4, -0.2) is 30.5 Å². The van der Waals surface area contributed by atoms with Crippen LogP contribution in [0.1, 0.15) is 10.9 Å². The van der Waals surface area contributed by atoms with Crippen LogP contribution in [-0.2, 0) is 0 Å². The number of nitrogens with zero attached hydrogens (tertiary/aromatic N) is 2. The van der Waals surface area contributed by atoms with Crippen molar-refractivity contribution >= 4 is 43.9 Å². The molecule has 0 aliphatic heterocycles. The third-order valence-electron chi connectivity index (χ3n) is 3.68. The van der Waals surface area contributed by atoms with E-state index < -0.39 is 0 Å². The zero-order valence-corrected chi connectivity index (χ0v) is 15.0. The Hall–Kier alpha value is -1.43. The number of halogens is 1. The van der Waals surface area contributed by atoms with E-state index in [4.69, 9.17) is 0 Å². The lowest BCUT2D eigenvalue weighted by Gasteiger charge is -2.24. The summed E-state index contributed by atoms with van der Waals surface area (Å²) in [6, 6.07) is 12.9. The van der Waals surface area contributed by atoms with Gasteiger partial charge in [0.05, 0.1) is 11.6 Å². The molecule has 0 saturated heterocycles. The summed E-state index contributed by atoms with van der Waals surface area (Å²) < 4.78 is 1.07. The van der Waals surface area contributed by atoms with Crippen LogP contribution in [0.25, 0.3) is 10.9 Å². The maximum atomic E-state index is 4.43. The van der Waals surface area contributed by atoms with E-state index in [0.29, 0.717) is 6.04 Å². The van der Waals surface area contributed by atoms with Gasteiger partial charge in [-0.1, -0.05) is 22.0 Å². The molecule has 3 nitrogen and oxygen atoms in total. The maximum absolute atomic E-state index is 4.43. The Labute approximate surface area is 143 Å². The van der Waals surface area contributed by atoms with Gasteiger partial charge in [0, 0.05) is 33.2 Å². The lowest BCUT2D eigenvalue weighted by molar-refractivity contribution is 0.316. The first-order valence-corrected chi connectivity index (χ1v) is 8.80. The molecular weight excluding hydrogens is 358 g/mol. The van der Waals surface area contributed by atoms with Crippen LogP contribution < -0.4 is 5.32 Å². The number of nitrogens with one attached hydrogen (secondary N) is 1. The molecule has 0 radical (unpaired) electrons. The molecule has 0 spiro atoms. The number of hydrogen-bond donors (Lipinski definition) is 1. The second-order valence-corrected chi connectivity index (χ2v) is 7.29. The minimum absolute atomic E-state index is 0.357. The van der Waals surface area contributed by atoms with Crippen molar-refractivity contribution in [3.05, 3.63) is 57.3 Å². The average Bonchev–Trinajstić information content (AvgIpc) is 3.01. The van der Waals surface area contributed by atoms with Gasteiger partial charge in [-0.05, 0) is 49.8 Å². The summed E-state index contributed by atoms with van der Waals surface area (Å²) in [5.41, 5.74) is 2.13. The van der Waals surface area contributed by atoms with Gasteiger partial charge < -0.3 is 10.2 Å². The highest BCUT2D eigenvalue weighted by Gasteiger charge is 2.15. The van der Waals surface area contributed by atoms with Crippen molar-refractivity contribution in [2.75, 3.05) is 26.0 Å². The predicted molar refractivity (Wildman–Crippen MR) is 98.7 cm³/mol. The fourth-order valence-corrected chi connectivity index (χ4v) is 3.78. The van der Waals surface area contributed by atoms with Crippen LogP contribution in [0.2, 0.25) is 0 Å². The molecule has 0 fully saturated rings. The first-order chi connectivity index (χ1) is 10.6. The van der Waals surface area contributed by atoms with E-state index in [2.05, 4.69) is 68.8 Å². The first kappa shape index (κ1) is 15.5. The van der Waals surface area contributed by atoms with Gasteiger partial charge in [-0.25, -0.2) is 0 Å². The summed E-state index contributed by atoms with van der Waals surface area (Å²) in [7, 11) is 4.24. The number of fused-ring (bicyclic) bond motifs is 1. The van der Waals surface area contributed by atoms with Crippen molar-refractivity contribution in [1.82, 2.24) is 9.88 Å². The van der Waals surface area contributed by atoms with Crippen molar-refractivity contribution in [1.29, 1.82) is 0 Å². The molecule has 2 heterocycles. The molecule has 3 aromatic rings. The smallest absolute Gasteiger partial charge is 0.0723 e. The minimum atomic E-state index is 0.357. The molecule has 0 bridgehead atoms. The number of aromatic nitrogens is 1. The number of hydrogen-bond acceptors (Lipinski definition) is 4. The molecule has 2 aromatic heterocycles. The zero-order chi connectivity index (χ0) is 15.5. The summed E-state index contributed by atoms with van der Waals surface area (Å²) in [5.74, 6) is 0. The molecule has 0 aliphatic rings. The van der Waals surface area contributed by atoms with E-state index >= 15 is 0 Å². The number of benzene rings is 1. The van der Waals surface area contributed by atoms with E-state index in [1.54, 1.807) is 11.3 Å². The predicted octanol–water partition coefficient (Wildman–Crippen LogP) is 4.77. The first-order valence-electron chi connectivity index (χ1n) is 7.13. The number of pyridine rings is 1. The minimum Gasteiger partial charge on any atom is -0.382 e. The Kier molecular flexibility index (Phi) is 4.76. The van der Waals surface area contributed by atoms with Crippen LogP contribution in [0, 0.1) is 0 Å². The molecule has 0 amide bonds. The molecular formula is C17H18BrN3S. The SMILES string of the molecule is CN(C)C(CNc1ccnc2ccc(Br)cc12)c1cccs1. The number of rotatable bonds is 5. The summed E-state index contributed by atoms with van der Waals surface area (Å²) in [4.78, 5) is 8.05. The second-order valence-electron chi connectivity index (χ2n) is 5.40. The lowest BCUT2D eigenvalue weighted by Crippen LogP contribution is -2.26. The highest BCUT2D eigenvalue weighted by atomic mass is 79.9. The molecule has 0 aliphatic carbocycles. The summed E-state index contributed by atoms with van der Waals surface area (Å²) >= 11 is 5.34. The van der Waals surface area contributed by atoms with Gasteiger partial charge in [0.25, 0.3) is 0 Å². The Morgan fingerprint density at radius 1 is 1.27 bits per heavy atom. The quantitative estimate of drug-likeness (QED) is 0.695. The van der Waals surface area contributed by atoms with E-state index in [0.717, 1.165) is 27.6 Å². The molecule has 1 unspecified atom stereocenters. The van der Waals surface area contributed by atoms with E-state index in [9.17, 15) is 0 Å². The van der Waals surface area contributed by atoms with Crippen LogP contribution in [0.3, 0.4) is 0 Å². The molecule has 22 heavy (non-hydrogen) atoms. The number of anilines is 1. The van der Waals surface area contributed by atoms with Gasteiger partial charge in [0.1, 0.15) is 0 Å². The topological polar surface area (TPSA) is 28.2 Å². The molecule has 5 heteroatoms. The number of thiophene rings is 1. The second kappa shape index (κ2) is 6.77. The van der Waals surface area contributed by atoms with E-state index in [1.165, 1.54) is 4.88 Å². The third kappa shape index (κ3) is 3.32. The largest absolute Gasteiger partial charge is 0.382 e. The molecule has 3 rings (SSSR count). The van der Waals surface area contributed by atoms with Crippen LogP contribution in [0.15, 0.2) is 52.4 Å². The van der Waals surface area contributed by atoms with Crippen molar-refractivity contribution in [3.8, 4) is 0 Å². The average molecular weight is 376 g/mol. The van der Waals surface area contributed by atoms with Crippen LogP contribution in [0.5, 0.6) is 0 Å². The van der Waals surface area contributed by atoms with Crippen molar-refractivity contribution in [2.45, 2.75) is 6.04 Å². The maximum Gasteiger partial charge on any atom is 0.0723 e. The van der Waals surface area contributed by atoms with Gasteiger partial charge in [-0.3, -0.25) is 4.98 Å². The fourth-order valence-electron chi connectivity index (χ4n) is 2.50. The highest BCUT2D eigenvalue weighted by molar-refractivity contribution is 9.10. The normalized spacial score (nSPS) is 12.7. The zero-order valence-electron chi connectivity index (χ0n) is 12.6. The summed E-state index contributed by atoms with van der Waals surface area (Å²) in [6.45, 7) is 0.860. The van der Waals surface area contributed by atoms with Gasteiger partial charge >= 0.3 is 0 Å². The van der Waals surface area contributed by atoms with Gasteiger partial charge in [-0.15, -0.1) is 11.3 Å². The van der Waals surface area contributed by atoms with Crippen LogP contribution >= 0.6 is 27.3 Å². The molecule has 0 saturated carbocycles. The Morgan fingerprint density at radius 2 is 2.14 bits per heavy atom. The van der Waals surface area contributed by atoms with Gasteiger partial charge in [0.2, 0.25) is 0 Å². The molecule has 1 atom stereocenters. The Bertz CT molecular complexity index is 756. The Morgan fingerprint density at radius 3 is 2.86 bits per heavy atom. The van der Waals surface area contributed by atoms with E-state index in [-0.39, 0.29) is 0 Å². The summed E-state index contributed by atoms with van der Waals surface area (Å²) in [6.07, 6.45) is 1.86. The monoisotopic (exact) mass is 375 g/mol. The van der Waals surface area contributed by atoms with Crippen molar-refractivity contribution < 1.29 is 0 Å². The van der Waals surface area contributed by atoms with Crippen molar-refractivity contribution in [3.63, 3.8) is 0 Å². The highest BCUT2D eigenvalue weighted by Crippen LogP contribution is 2.27. The van der Waals surface area contributed by atoms with Gasteiger partial charge in [-0.2, -0.15) is 0 Å². The lowest BCUT2D eigenvalue weighted by atomic mass is 10.1. The Balaban J connectivity index is 1.85. The fraction of sp³-hybridized carbons (Fsp3) is 0.235. The molecule has 114 valence electrons. The van der Waals surface area contributed by atoms with Gasteiger partial charge in [0.15, 0.2) is 0 Å². The van der Waals surface area contributed by atoms with Crippen LogP contribution in [0.4, 0.5) is 5.69 Å². The summed E-state index contributed by atoms with van der Waals surface area (Å²) in [5, 5.41) is 6.86.